The molecule has 0 aromatic carbocycles. The van der Waals surface area contributed by atoms with E-state index in [-0.39, 0.29) is 24.0 Å². The highest BCUT2D eigenvalue weighted by molar-refractivity contribution is 14.0. The minimum atomic E-state index is -0.698. The van der Waals surface area contributed by atoms with Crippen LogP contribution in [0.4, 0.5) is 0 Å². The minimum absolute atomic E-state index is 0. The monoisotopic (exact) mass is 453 g/mol. The number of rotatable bonds is 6. The summed E-state index contributed by atoms with van der Waals surface area (Å²) in [7, 11) is 0. The summed E-state index contributed by atoms with van der Waals surface area (Å²) in [5, 5.41) is 17.6. The lowest BCUT2D eigenvalue weighted by Gasteiger charge is -2.30. The van der Waals surface area contributed by atoms with Gasteiger partial charge in [0.15, 0.2) is 5.96 Å². The van der Waals surface area contributed by atoms with Gasteiger partial charge in [-0.2, -0.15) is 11.8 Å². The number of guanidine groups is 1. The lowest BCUT2D eigenvalue weighted by Crippen LogP contribution is -2.45. The first-order chi connectivity index (χ1) is 10.7. The van der Waals surface area contributed by atoms with Crippen molar-refractivity contribution in [1.29, 1.82) is 0 Å². The molecule has 23 heavy (non-hydrogen) atoms. The summed E-state index contributed by atoms with van der Waals surface area (Å²) < 4.78 is 5.20. The molecule has 5 nitrogen and oxygen atoms in total. The minimum Gasteiger partial charge on any atom is -0.467 e. The predicted octanol–water partition coefficient (Wildman–Crippen LogP) is 3.16. The Hall–Kier alpha value is -0.410. The molecule has 0 aliphatic heterocycles. The van der Waals surface area contributed by atoms with Crippen molar-refractivity contribution in [1.82, 2.24) is 10.6 Å². The molecule has 1 aliphatic carbocycles. The number of halogens is 1. The van der Waals surface area contributed by atoms with Crippen LogP contribution in [-0.2, 0) is 0 Å². The van der Waals surface area contributed by atoms with Crippen LogP contribution >= 0.6 is 35.7 Å². The number of furan rings is 1. The van der Waals surface area contributed by atoms with Crippen LogP contribution in [0.15, 0.2) is 27.8 Å². The summed E-state index contributed by atoms with van der Waals surface area (Å²) in [6, 6.07) is 4.01. The molecule has 0 radical (unpaired) electrons. The molecule has 0 spiro atoms. The Balaban J connectivity index is 0.00000264. The van der Waals surface area contributed by atoms with E-state index in [1.807, 2.05) is 18.7 Å². The van der Waals surface area contributed by atoms with Gasteiger partial charge >= 0.3 is 0 Å². The zero-order chi connectivity index (χ0) is 15.8. The van der Waals surface area contributed by atoms with E-state index >= 15 is 0 Å². The third kappa shape index (κ3) is 6.93. The largest absolute Gasteiger partial charge is 0.467 e. The quantitative estimate of drug-likeness (QED) is 0.351. The van der Waals surface area contributed by atoms with Crippen LogP contribution in [0.5, 0.6) is 0 Å². The van der Waals surface area contributed by atoms with E-state index in [2.05, 4.69) is 21.9 Å². The van der Waals surface area contributed by atoms with E-state index < -0.39 is 6.10 Å². The molecule has 3 atom stereocenters. The van der Waals surface area contributed by atoms with Crippen molar-refractivity contribution in [3.63, 3.8) is 0 Å². The molecule has 1 heterocycles. The van der Waals surface area contributed by atoms with E-state index in [4.69, 9.17) is 4.42 Å². The number of hydrogen-bond donors (Lipinski definition) is 3. The van der Waals surface area contributed by atoms with Crippen molar-refractivity contribution in [3.05, 3.63) is 24.2 Å². The van der Waals surface area contributed by atoms with Gasteiger partial charge in [0, 0.05) is 17.8 Å². The predicted molar refractivity (Wildman–Crippen MR) is 108 cm³/mol. The van der Waals surface area contributed by atoms with Crippen molar-refractivity contribution >= 4 is 41.7 Å². The van der Waals surface area contributed by atoms with E-state index in [0.29, 0.717) is 18.3 Å². The van der Waals surface area contributed by atoms with Gasteiger partial charge < -0.3 is 20.2 Å². The van der Waals surface area contributed by atoms with Crippen LogP contribution in [-0.4, -0.2) is 41.7 Å². The highest BCUT2D eigenvalue weighted by Gasteiger charge is 2.22. The molecule has 1 fully saturated rings. The summed E-state index contributed by atoms with van der Waals surface area (Å²) in [6.45, 7) is 3.15. The molecule has 0 saturated heterocycles. The molecule has 3 N–H and O–H groups in total. The molecule has 0 bridgehead atoms. The number of aliphatic imine (C=N–C) groups is 1. The van der Waals surface area contributed by atoms with E-state index in [1.165, 1.54) is 25.7 Å². The van der Waals surface area contributed by atoms with Gasteiger partial charge in [-0.05, 0) is 44.6 Å². The highest BCUT2D eigenvalue weighted by Crippen LogP contribution is 2.26. The smallest absolute Gasteiger partial charge is 0.191 e. The Bertz CT molecular complexity index is 456. The van der Waals surface area contributed by atoms with Crippen LogP contribution < -0.4 is 10.6 Å². The number of aliphatic hydroxyl groups excluding tert-OH is 1. The fourth-order valence-corrected chi connectivity index (χ4v) is 3.58. The first kappa shape index (κ1) is 20.6. The maximum absolute atomic E-state index is 10.1. The second-order valence-electron chi connectivity index (χ2n) is 5.62. The van der Waals surface area contributed by atoms with Crippen molar-refractivity contribution in [2.45, 2.75) is 50.0 Å². The molecule has 7 heteroatoms. The standard InChI is InChI=1S/C16H27N3O2S.HI/c1-3-17-16(18-11-14(20)15-8-5-9-21-15)19-12-6-4-7-13(10-12)22-2;/h5,8-9,12-14,20H,3-4,6-7,10-11H2,1-2H3,(H2,17,18,19);1H. The average molecular weight is 453 g/mol. The Labute approximate surface area is 160 Å². The Morgan fingerprint density at radius 1 is 1.52 bits per heavy atom. The molecular formula is C16H28IN3O2S. The van der Waals surface area contributed by atoms with E-state index in [9.17, 15) is 5.11 Å². The third-order valence-corrected chi connectivity index (χ3v) is 5.03. The van der Waals surface area contributed by atoms with Gasteiger partial charge in [0.05, 0.1) is 12.8 Å². The van der Waals surface area contributed by atoms with Crippen LogP contribution in [0.1, 0.15) is 44.5 Å². The summed E-state index contributed by atoms with van der Waals surface area (Å²) >= 11 is 1.95. The topological polar surface area (TPSA) is 69.8 Å². The fourth-order valence-electron chi connectivity index (χ4n) is 2.75. The second kappa shape index (κ2) is 11.2. The van der Waals surface area contributed by atoms with Crippen molar-refractivity contribution in [3.8, 4) is 0 Å². The van der Waals surface area contributed by atoms with Crippen LogP contribution in [0.3, 0.4) is 0 Å². The van der Waals surface area contributed by atoms with Gasteiger partial charge in [0.1, 0.15) is 11.9 Å². The zero-order valence-electron chi connectivity index (χ0n) is 13.8. The summed E-state index contributed by atoms with van der Waals surface area (Å²) in [5.74, 6) is 1.33. The van der Waals surface area contributed by atoms with Crippen LogP contribution in [0.2, 0.25) is 0 Å². The lowest BCUT2D eigenvalue weighted by atomic mass is 9.95. The molecule has 132 valence electrons. The van der Waals surface area contributed by atoms with E-state index in [1.54, 1.807) is 18.4 Å². The van der Waals surface area contributed by atoms with E-state index in [0.717, 1.165) is 17.8 Å². The summed E-state index contributed by atoms with van der Waals surface area (Å²) in [6.07, 6.45) is 7.98. The number of nitrogens with one attached hydrogen (secondary N) is 2. The normalized spacial score (nSPS) is 23.0. The van der Waals surface area contributed by atoms with Gasteiger partial charge in [0.25, 0.3) is 0 Å². The Kier molecular flexibility index (Phi) is 10.0. The van der Waals surface area contributed by atoms with Gasteiger partial charge in [0.2, 0.25) is 0 Å². The first-order valence-electron chi connectivity index (χ1n) is 8.02. The van der Waals surface area contributed by atoms with Crippen molar-refractivity contribution in [2.24, 2.45) is 4.99 Å². The lowest BCUT2D eigenvalue weighted by molar-refractivity contribution is 0.158. The maximum Gasteiger partial charge on any atom is 0.191 e. The van der Waals surface area contributed by atoms with Crippen LogP contribution in [0.25, 0.3) is 0 Å². The SMILES string of the molecule is CCNC(=NCC(O)c1ccco1)NC1CCCC(SC)C1.I. The molecular weight excluding hydrogens is 425 g/mol. The molecule has 1 aromatic heterocycles. The zero-order valence-corrected chi connectivity index (χ0v) is 17.0. The van der Waals surface area contributed by atoms with Gasteiger partial charge in [-0.15, -0.1) is 24.0 Å². The van der Waals surface area contributed by atoms with Gasteiger partial charge in [-0.25, -0.2) is 0 Å². The van der Waals surface area contributed by atoms with Gasteiger partial charge in [-0.1, -0.05) is 6.42 Å². The molecule has 1 aromatic rings. The fraction of sp³-hybridized carbons (Fsp3) is 0.688. The second-order valence-corrected chi connectivity index (χ2v) is 6.75. The molecule has 1 aliphatic rings. The van der Waals surface area contributed by atoms with Crippen LogP contribution in [0, 0.1) is 0 Å². The summed E-state index contributed by atoms with van der Waals surface area (Å²) in [5.41, 5.74) is 0. The number of nitrogens with zero attached hydrogens (tertiary/aromatic N) is 1. The van der Waals surface area contributed by atoms with Gasteiger partial charge in [-0.3, -0.25) is 4.99 Å². The van der Waals surface area contributed by atoms with Crippen molar-refractivity contribution in [2.75, 3.05) is 19.3 Å². The highest BCUT2D eigenvalue weighted by atomic mass is 127. The molecule has 2 rings (SSSR count). The number of aliphatic hydroxyl groups is 1. The first-order valence-corrected chi connectivity index (χ1v) is 9.30. The average Bonchev–Trinajstić information content (AvgIpc) is 3.07. The number of hydrogen-bond acceptors (Lipinski definition) is 4. The third-order valence-electron chi connectivity index (χ3n) is 3.94. The Morgan fingerprint density at radius 3 is 3.00 bits per heavy atom. The molecule has 0 amide bonds. The van der Waals surface area contributed by atoms with Crippen molar-refractivity contribution < 1.29 is 9.52 Å². The summed E-state index contributed by atoms with van der Waals surface area (Å²) in [4.78, 5) is 4.49. The molecule has 3 unspecified atom stereocenters. The Morgan fingerprint density at radius 2 is 2.35 bits per heavy atom. The number of thioether (sulfide) groups is 1. The maximum atomic E-state index is 10.1. The molecule has 1 saturated carbocycles.